The number of alkyl halides is 6. The topological polar surface area (TPSA) is 15.9 Å². The molecule has 0 saturated carbocycles. The molecular weight excluding hydrogens is 506 g/mol. The van der Waals surface area contributed by atoms with E-state index in [1.165, 1.54) is 0 Å². The second kappa shape index (κ2) is 8.53. The zero-order valence-electron chi connectivity index (χ0n) is 14.5. The van der Waals surface area contributed by atoms with Crippen molar-refractivity contribution in [2.24, 2.45) is 7.05 Å². The van der Waals surface area contributed by atoms with Gasteiger partial charge in [-0.05, 0) is 30.3 Å². The predicted octanol–water partition coefficient (Wildman–Crippen LogP) is 3.68. The van der Waals surface area contributed by atoms with Gasteiger partial charge in [-0.2, -0.15) is 26.3 Å². The molecule has 3 aromatic rings. The van der Waals surface area contributed by atoms with Crippen LogP contribution in [0.4, 0.5) is 37.2 Å². The number of thiazole rings is 1. The summed E-state index contributed by atoms with van der Waals surface area (Å²) < 4.78 is 79.7. The molecule has 1 heterocycles. The summed E-state index contributed by atoms with van der Waals surface area (Å²) in [6.07, 6.45) is -9.81. The maximum absolute atomic E-state index is 13.0. The van der Waals surface area contributed by atoms with Crippen molar-refractivity contribution in [1.82, 2.24) is 0 Å². The first-order valence-corrected chi connectivity index (χ1v) is 9.01. The third-order valence-electron chi connectivity index (χ3n) is 3.94. The molecule has 29 heavy (non-hydrogen) atoms. The van der Waals surface area contributed by atoms with E-state index in [9.17, 15) is 26.3 Å². The van der Waals surface area contributed by atoms with Crippen molar-refractivity contribution in [3.63, 3.8) is 0 Å². The van der Waals surface area contributed by atoms with Gasteiger partial charge < -0.3 is 17.0 Å². The molecule has 11 heteroatoms. The Balaban J connectivity index is 0.00000300. The van der Waals surface area contributed by atoms with Crippen LogP contribution in [0.15, 0.2) is 47.8 Å². The minimum atomic E-state index is -4.90. The second-order valence-corrected chi connectivity index (χ2v) is 7.15. The van der Waals surface area contributed by atoms with Gasteiger partial charge in [-0.15, -0.1) is 0 Å². The lowest BCUT2D eigenvalue weighted by Gasteiger charge is -2.12. The smallest absolute Gasteiger partial charge is 0.416 e. The van der Waals surface area contributed by atoms with E-state index in [1.54, 1.807) is 41.3 Å². The molecule has 0 saturated heterocycles. The van der Waals surface area contributed by atoms with Crippen LogP contribution in [0.25, 0.3) is 11.3 Å². The van der Waals surface area contributed by atoms with Crippen LogP contribution in [0, 0.1) is 0 Å². The number of aromatic nitrogens is 1. The second-order valence-electron chi connectivity index (χ2n) is 5.88. The van der Waals surface area contributed by atoms with E-state index in [0.717, 1.165) is 11.3 Å². The van der Waals surface area contributed by atoms with Gasteiger partial charge in [0.2, 0.25) is 0 Å². The fraction of sp³-hybridized carbons (Fsp3) is 0.167. The van der Waals surface area contributed by atoms with Gasteiger partial charge in [-0.25, -0.2) is 9.88 Å². The normalized spacial score (nSPS) is 11.9. The van der Waals surface area contributed by atoms with E-state index in [0.29, 0.717) is 33.5 Å². The minimum absolute atomic E-state index is 0. The van der Waals surface area contributed by atoms with E-state index in [2.05, 4.69) is 5.32 Å². The van der Waals surface area contributed by atoms with Crippen LogP contribution in [0.2, 0.25) is 5.02 Å². The molecular formula is C18H12BrClF6N2S. The lowest BCUT2D eigenvalue weighted by molar-refractivity contribution is -0.641. The summed E-state index contributed by atoms with van der Waals surface area (Å²) in [6, 6.07) is 8.35. The fourth-order valence-corrected chi connectivity index (χ4v) is 3.73. The first-order valence-electron chi connectivity index (χ1n) is 7.76. The van der Waals surface area contributed by atoms with Crippen LogP contribution in [-0.2, 0) is 19.4 Å². The Labute approximate surface area is 181 Å². The van der Waals surface area contributed by atoms with Crippen molar-refractivity contribution in [3.05, 3.63) is 64.0 Å². The summed E-state index contributed by atoms with van der Waals surface area (Å²) >= 11 is 7.29. The summed E-state index contributed by atoms with van der Waals surface area (Å²) in [4.78, 5) is 0. The van der Waals surface area contributed by atoms with Gasteiger partial charge in [0.05, 0.1) is 23.2 Å². The van der Waals surface area contributed by atoms with Gasteiger partial charge in [0.1, 0.15) is 11.4 Å². The Morgan fingerprint density at radius 3 is 2.00 bits per heavy atom. The summed E-state index contributed by atoms with van der Waals surface area (Å²) in [5.41, 5.74) is -1.71. The lowest BCUT2D eigenvalue weighted by atomic mass is 10.1. The molecule has 2 aromatic carbocycles. The lowest BCUT2D eigenvalue weighted by Crippen LogP contribution is -3.00. The van der Waals surface area contributed by atoms with Gasteiger partial charge in [0.15, 0.2) is 0 Å². The van der Waals surface area contributed by atoms with E-state index < -0.39 is 23.5 Å². The number of nitrogens with one attached hydrogen (secondary N) is 1. The number of benzene rings is 2. The largest absolute Gasteiger partial charge is 1.00 e. The summed E-state index contributed by atoms with van der Waals surface area (Å²) in [7, 11) is 1.63. The Hall–Kier alpha value is -1.78. The Morgan fingerprint density at radius 2 is 1.48 bits per heavy atom. The fourth-order valence-electron chi connectivity index (χ4n) is 2.56. The zero-order chi connectivity index (χ0) is 20.7. The molecule has 1 N–H and O–H groups in total. The van der Waals surface area contributed by atoms with Gasteiger partial charge in [0.25, 0.3) is 0 Å². The highest BCUT2D eigenvalue weighted by Gasteiger charge is 2.37. The first-order chi connectivity index (χ1) is 13.0. The van der Waals surface area contributed by atoms with Crippen molar-refractivity contribution in [2.75, 3.05) is 5.32 Å². The molecule has 0 bridgehead atoms. The van der Waals surface area contributed by atoms with Crippen LogP contribution in [0.5, 0.6) is 0 Å². The number of anilines is 2. The number of nitrogens with zero attached hydrogens (tertiary/aromatic N) is 1. The third kappa shape index (κ3) is 5.23. The maximum atomic E-state index is 13.0. The predicted molar refractivity (Wildman–Crippen MR) is 95.7 cm³/mol. The first kappa shape index (κ1) is 23.5. The van der Waals surface area contributed by atoms with Crippen LogP contribution < -0.4 is 26.9 Å². The molecule has 1 aromatic heterocycles. The molecule has 2 nitrogen and oxygen atoms in total. The Kier molecular flexibility index (Phi) is 6.91. The quantitative estimate of drug-likeness (QED) is 0.414. The SMILES string of the molecule is C[n+]1c(-c2ccccc2Cl)csc1Nc1cc(C(F)(F)F)cc(C(F)(F)F)c1.[Br-]. The monoisotopic (exact) mass is 516 g/mol. The molecule has 0 aliphatic rings. The number of halogens is 8. The number of hydrogen-bond donors (Lipinski definition) is 1. The molecule has 0 amide bonds. The average molecular weight is 518 g/mol. The van der Waals surface area contributed by atoms with Crippen LogP contribution in [-0.4, -0.2) is 0 Å². The van der Waals surface area contributed by atoms with Crippen molar-refractivity contribution in [3.8, 4) is 11.3 Å². The standard InChI is InChI=1S/C18H11ClF6N2S.BrH/c1-27-15(13-4-2-3-5-14(13)19)9-28-16(27)26-12-7-10(17(20,21)22)6-11(8-12)18(23,24)25;/h2-9H,1H3;1H. The summed E-state index contributed by atoms with van der Waals surface area (Å²) in [5.74, 6) is 0. The molecule has 0 aliphatic carbocycles. The zero-order valence-corrected chi connectivity index (χ0v) is 17.7. The maximum Gasteiger partial charge on any atom is 0.416 e. The van der Waals surface area contributed by atoms with E-state index in [-0.39, 0.29) is 28.7 Å². The molecule has 0 atom stereocenters. The van der Waals surface area contributed by atoms with Gasteiger partial charge in [0, 0.05) is 10.9 Å². The molecule has 3 rings (SSSR count). The molecule has 0 radical (unpaired) electrons. The molecule has 0 fully saturated rings. The highest BCUT2D eigenvalue weighted by atomic mass is 79.9. The Bertz CT molecular complexity index is 984. The van der Waals surface area contributed by atoms with E-state index in [1.807, 2.05) is 0 Å². The van der Waals surface area contributed by atoms with Crippen molar-refractivity contribution >= 4 is 33.8 Å². The molecule has 0 spiro atoms. The number of hydrogen-bond acceptors (Lipinski definition) is 2. The molecule has 156 valence electrons. The molecule has 0 unspecified atom stereocenters. The van der Waals surface area contributed by atoms with E-state index in [4.69, 9.17) is 11.6 Å². The van der Waals surface area contributed by atoms with Crippen molar-refractivity contribution < 1.29 is 47.9 Å². The molecule has 0 aliphatic heterocycles. The van der Waals surface area contributed by atoms with Crippen molar-refractivity contribution in [2.45, 2.75) is 12.4 Å². The van der Waals surface area contributed by atoms with Crippen molar-refractivity contribution in [1.29, 1.82) is 0 Å². The van der Waals surface area contributed by atoms with Crippen LogP contribution >= 0.6 is 22.9 Å². The average Bonchev–Trinajstić information content (AvgIpc) is 2.94. The Morgan fingerprint density at radius 1 is 0.931 bits per heavy atom. The van der Waals surface area contributed by atoms with Crippen LogP contribution in [0.3, 0.4) is 0 Å². The van der Waals surface area contributed by atoms with Gasteiger partial charge in [-0.1, -0.05) is 35.1 Å². The van der Waals surface area contributed by atoms with E-state index >= 15 is 0 Å². The third-order valence-corrected chi connectivity index (χ3v) is 5.21. The van der Waals surface area contributed by atoms with Crippen LogP contribution in [0.1, 0.15) is 11.1 Å². The highest BCUT2D eigenvalue weighted by molar-refractivity contribution is 7.13. The summed E-state index contributed by atoms with van der Waals surface area (Å²) in [5, 5.41) is 5.18. The van der Waals surface area contributed by atoms with Gasteiger partial charge >= 0.3 is 17.5 Å². The summed E-state index contributed by atoms with van der Waals surface area (Å²) in [6.45, 7) is 0. The number of rotatable bonds is 3. The van der Waals surface area contributed by atoms with Gasteiger partial charge in [-0.3, -0.25) is 0 Å². The minimum Gasteiger partial charge on any atom is -1.00 e. The highest BCUT2D eigenvalue weighted by Crippen LogP contribution is 2.38.